The van der Waals surface area contributed by atoms with Crippen LogP contribution in [0.4, 0.5) is 0 Å². The molecule has 0 fully saturated rings. The lowest BCUT2D eigenvalue weighted by molar-refractivity contribution is -0.119. The summed E-state index contributed by atoms with van der Waals surface area (Å²) in [6.07, 6.45) is 0. The number of hydrogen-bond acceptors (Lipinski definition) is 6. The van der Waals surface area contributed by atoms with Gasteiger partial charge in [-0.3, -0.25) is 9.59 Å². The van der Waals surface area contributed by atoms with Crippen LogP contribution in [0.15, 0.2) is 30.3 Å². The predicted octanol–water partition coefficient (Wildman–Crippen LogP) is 2.16. The average molecular weight is 409 g/mol. The Hall–Kier alpha value is -3.13. The fourth-order valence-corrected chi connectivity index (χ4v) is 2.67. The minimum Gasteiger partial charge on any atom is -0.493 e. The number of nitrogens with two attached hydrogens (primary N) is 1. The van der Waals surface area contributed by atoms with Gasteiger partial charge in [0.25, 0.3) is 11.8 Å². The van der Waals surface area contributed by atoms with Gasteiger partial charge >= 0.3 is 0 Å². The van der Waals surface area contributed by atoms with Crippen molar-refractivity contribution in [1.29, 1.82) is 0 Å². The van der Waals surface area contributed by atoms with Crippen LogP contribution in [0.5, 0.6) is 23.0 Å². The predicted molar refractivity (Wildman–Crippen MR) is 103 cm³/mol. The number of rotatable bonds is 9. The maximum Gasteiger partial charge on any atom is 0.255 e. The zero-order valence-electron chi connectivity index (χ0n) is 15.7. The molecule has 8 nitrogen and oxygen atoms in total. The van der Waals surface area contributed by atoms with E-state index in [1.165, 1.54) is 26.4 Å². The van der Waals surface area contributed by atoms with Crippen molar-refractivity contribution in [3.8, 4) is 23.0 Å². The molecule has 0 saturated carbocycles. The highest BCUT2D eigenvalue weighted by atomic mass is 35.5. The standard InChI is InChI=1S/C19H21ClN2O6/c1-25-14-5-4-11(6-15(14)26-2)9-22-19(24)12-7-13(20)18(16(8-12)27-3)28-10-17(21)23/h4-8H,9-10H2,1-3H3,(H2,21,23)(H,22,24). The Bertz CT molecular complexity index is 872. The summed E-state index contributed by atoms with van der Waals surface area (Å²) in [7, 11) is 4.48. The van der Waals surface area contributed by atoms with Gasteiger partial charge in [-0.15, -0.1) is 0 Å². The number of nitrogens with one attached hydrogen (secondary N) is 1. The number of hydrogen-bond donors (Lipinski definition) is 2. The number of primary amides is 1. The summed E-state index contributed by atoms with van der Waals surface area (Å²) in [6.45, 7) is -0.0972. The lowest BCUT2D eigenvalue weighted by Gasteiger charge is -2.14. The van der Waals surface area contributed by atoms with Crippen molar-refractivity contribution in [3.05, 3.63) is 46.5 Å². The van der Waals surface area contributed by atoms with Crippen molar-refractivity contribution in [2.24, 2.45) is 5.73 Å². The minimum atomic E-state index is -0.658. The molecule has 0 radical (unpaired) electrons. The molecular formula is C19H21ClN2O6. The number of halogens is 1. The molecule has 0 saturated heterocycles. The number of ether oxygens (including phenoxy) is 4. The normalized spacial score (nSPS) is 10.1. The van der Waals surface area contributed by atoms with Crippen LogP contribution >= 0.6 is 11.6 Å². The number of amides is 2. The van der Waals surface area contributed by atoms with E-state index >= 15 is 0 Å². The third-order valence-corrected chi connectivity index (χ3v) is 4.03. The Morgan fingerprint density at radius 2 is 1.68 bits per heavy atom. The van der Waals surface area contributed by atoms with Crippen molar-refractivity contribution >= 4 is 23.4 Å². The highest BCUT2D eigenvalue weighted by molar-refractivity contribution is 6.32. The SMILES string of the molecule is COc1ccc(CNC(=O)c2cc(Cl)c(OCC(N)=O)c(OC)c2)cc1OC. The van der Waals surface area contributed by atoms with Gasteiger partial charge in [0, 0.05) is 12.1 Å². The quantitative estimate of drug-likeness (QED) is 0.658. The van der Waals surface area contributed by atoms with Crippen molar-refractivity contribution in [2.45, 2.75) is 6.54 Å². The van der Waals surface area contributed by atoms with Crippen molar-refractivity contribution in [2.75, 3.05) is 27.9 Å². The van der Waals surface area contributed by atoms with Gasteiger partial charge in [0.15, 0.2) is 29.6 Å². The number of carbonyl (C=O) groups excluding carboxylic acids is 2. The number of methoxy groups -OCH3 is 3. The summed E-state index contributed by atoms with van der Waals surface area (Å²) >= 11 is 6.16. The Kier molecular flexibility index (Phi) is 7.34. The van der Waals surface area contributed by atoms with Gasteiger partial charge in [-0.25, -0.2) is 0 Å². The summed E-state index contributed by atoms with van der Waals surface area (Å²) in [4.78, 5) is 23.4. The van der Waals surface area contributed by atoms with Gasteiger partial charge in [0.05, 0.1) is 26.4 Å². The molecule has 2 amide bonds. The maximum absolute atomic E-state index is 12.5. The van der Waals surface area contributed by atoms with Gasteiger partial charge in [0.1, 0.15) is 0 Å². The first kappa shape index (κ1) is 21.2. The van der Waals surface area contributed by atoms with Crippen LogP contribution < -0.4 is 30.0 Å². The third-order valence-electron chi connectivity index (χ3n) is 3.75. The van der Waals surface area contributed by atoms with Gasteiger partial charge < -0.3 is 30.0 Å². The van der Waals surface area contributed by atoms with E-state index in [1.807, 2.05) is 6.07 Å². The summed E-state index contributed by atoms with van der Waals surface area (Å²) in [5.74, 6) is 0.492. The highest BCUT2D eigenvalue weighted by Gasteiger charge is 2.17. The van der Waals surface area contributed by atoms with Crippen molar-refractivity contribution in [1.82, 2.24) is 5.32 Å². The topological polar surface area (TPSA) is 109 Å². The lowest BCUT2D eigenvalue weighted by atomic mass is 10.1. The van der Waals surface area contributed by atoms with Gasteiger partial charge in [-0.05, 0) is 29.8 Å². The fourth-order valence-electron chi connectivity index (χ4n) is 2.41. The van der Waals surface area contributed by atoms with Gasteiger partial charge in [-0.1, -0.05) is 17.7 Å². The van der Waals surface area contributed by atoms with Crippen molar-refractivity contribution < 1.29 is 28.5 Å². The van der Waals surface area contributed by atoms with Crippen LogP contribution in [0.1, 0.15) is 15.9 Å². The molecule has 3 N–H and O–H groups in total. The maximum atomic E-state index is 12.5. The molecule has 0 aliphatic carbocycles. The zero-order valence-corrected chi connectivity index (χ0v) is 16.5. The first-order valence-corrected chi connectivity index (χ1v) is 8.55. The molecule has 0 atom stereocenters. The molecule has 0 heterocycles. The molecule has 2 rings (SSSR count). The lowest BCUT2D eigenvalue weighted by Crippen LogP contribution is -2.23. The molecule has 150 valence electrons. The Morgan fingerprint density at radius 1 is 1.00 bits per heavy atom. The summed E-state index contributed by atoms with van der Waals surface area (Å²) in [5, 5.41) is 2.91. The fraction of sp³-hybridized carbons (Fsp3) is 0.263. The van der Waals surface area contributed by atoms with Crippen LogP contribution in [0, 0.1) is 0 Å². The molecule has 0 unspecified atom stereocenters. The van der Waals surface area contributed by atoms with E-state index in [0.29, 0.717) is 11.5 Å². The second-order valence-electron chi connectivity index (χ2n) is 5.62. The van der Waals surface area contributed by atoms with E-state index < -0.39 is 5.91 Å². The molecule has 0 spiro atoms. The van der Waals surface area contributed by atoms with E-state index in [1.54, 1.807) is 19.2 Å². The minimum absolute atomic E-state index is 0.122. The summed E-state index contributed by atoms with van der Waals surface area (Å²) in [6, 6.07) is 8.23. The Balaban J connectivity index is 2.14. The van der Waals surface area contributed by atoms with E-state index in [2.05, 4.69) is 5.32 Å². The van der Waals surface area contributed by atoms with E-state index in [9.17, 15) is 9.59 Å². The third kappa shape index (κ3) is 5.20. The van der Waals surface area contributed by atoms with E-state index in [0.717, 1.165) is 5.56 Å². The van der Waals surface area contributed by atoms with Gasteiger partial charge in [0.2, 0.25) is 0 Å². The van der Waals surface area contributed by atoms with Crippen LogP contribution in [0.2, 0.25) is 5.02 Å². The molecule has 0 aromatic heterocycles. The first-order valence-electron chi connectivity index (χ1n) is 8.17. The van der Waals surface area contributed by atoms with E-state index in [4.69, 9.17) is 36.3 Å². The zero-order chi connectivity index (χ0) is 20.7. The van der Waals surface area contributed by atoms with Crippen LogP contribution in [-0.2, 0) is 11.3 Å². The second kappa shape index (κ2) is 9.70. The molecule has 9 heteroatoms. The largest absolute Gasteiger partial charge is 0.493 e. The van der Waals surface area contributed by atoms with Crippen LogP contribution in [0.3, 0.4) is 0 Å². The Labute approximate surface area is 167 Å². The van der Waals surface area contributed by atoms with Crippen LogP contribution in [0.25, 0.3) is 0 Å². The average Bonchev–Trinajstić information content (AvgIpc) is 2.69. The summed E-state index contributed by atoms with van der Waals surface area (Å²) in [5.41, 5.74) is 6.16. The number of benzene rings is 2. The molecular weight excluding hydrogens is 388 g/mol. The van der Waals surface area contributed by atoms with Crippen LogP contribution in [-0.4, -0.2) is 39.8 Å². The first-order chi connectivity index (χ1) is 13.4. The monoisotopic (exact) mass is 408 g/mol. The smallest absolute Gasteiger partial charge is 0.255 e. The molecule has 2 aromatic carbocycles. The number of carbonyl (C=O) groups is 2. The summed E-state index contributed by atoms with van der Waals surface area (Å²) < 4.78 is 20.9. The highest BCUT2D eigenvalue weighted by Crippen LogP contribution is 2.36. The second-order valence-corrected chi connectivity index (χ2v) is 6.02. The van der Waals surface area contributed by atoms with Gasteiger partial charge in [-0.2, -0.15) is 0 Å². The molecule has 28 heavy (non-hydrogen) atoms. The molecule has 0 aliphatic heterocycles. The van der Waals surface area contributed by atoms with E-state index in [-0.39, 0.29) is 41.1 Å². The Morgan fingerprint density at radius 3 is 2.29 bits per heavy atom. The molecule has 0 bridgehead atoms. The molecule has 0 aliphatic rings. The van der Waals surface area contributed by atoms with Crippen molar-refractivity contribution in [3.63, 3.8) is 0 Å². The molecule has 2 aromatic rings.